The Labute approximate surface area is 172 Å². The SMILES string of the molecule is COc1cccc(CNC(=O)C(=O)NCc2ccc(C(=O)c3ccccc3)s2)c1. The number of hydrogen-bond donors (Lipinski definition) is 2. The van der Waals surface area contributed by atoms with Crippen LogP contribution in [0.25, 0.3) is 0 Å². The van der Waals surface area contributed by atoms with E-state index in [-0.39, 0.29) is 18.9 Å². The Morgan fingerprint density at radius 2 is 1.59 bits per heavy atom. The predicted octanol–water partition coefficient (Wildman–Crippen LogP) is 2.92. The molecule has 0 atom stereocenters. The topological polar surface area (TPSA) is 84.5 Å². The number of thiophene rings is 1. The largest absolute Gasteiger partial charge is 0.497 e. The van der Waals surface area contributed by atoms with E-state index in [1.165, 1.54) is 11.3 Å². The predicted molar refractivity (Wildman–Crippen MR) is 111 cm³/mol. The first-order chi connectivity index (χ1) is 14.1. The lowest BCUT2D eigenvalue weighted by atomic mass is 10.1. The van der Waals surface area contributed by atoms with E-state index in [1.807, 2.05) is 30.3 Å². The highest BCUT2D eigenvalue weighted by molar-refractivity contribution is 7.14. The monoisotopic (exact) mass is 408 g/mol. The maximum absolute atomic E-state index is 12.4. The first-order valence-corrected chi connectivity index (χ1v) is 9.76. The molecule has 2 aromatic carbocycles. The lowest BCUT2D eigenvalue weighted by molar-refractivity contribution is -0.139. The molecule has 2 amide bonds. The van der Waals surface area contributed by atoms with Gasteiger partial charge < -0.3 is 15.4 Å². The van der Waals surface area contributed by atoms with Crippen molar-refractivity contribution in [3.8, 4) is 5.75 Å². The summed E-state index contributed by atoms with van der Waals surface area (Å²) >= 11 is 1.29. The summed E-state index contributed by atoms with van der Waals surface area (Å²) in [6.07, 6.45) is 0. The van der Waals surface area contributed by atoms with Gasteiger partial charge in [0, 0.05) is 17.0 Å². The molecular formula is C22H20N2O4S. The number of carbonyl (C=O) groups excluding carboxylic acids is 3. The number of amides is 2. The van der Waals surface area contributed by atoms with Gasteiger partial charge in [-0.25, -0.2) is 0 Å². The van der Waals surface area contributed by atoms with Gasteiger partial charge in [0.05, 0.1) is 18.5 Å². The summed E-state index contributed by atoms with van der Waals surface area (Å²) in [4.78, 5) is 37.8. The fraction of sp³-hybridized carbons (Fsp3) is 0.136. The van der Waals surface area contributed by atoms with E-state index in [2.05, 4.69) is 10.6 Å². The third kappa shape index (κ3) is 5.52. The average molecular weight is 408 g/mol. The van der Waals surface area contributed by atoms with Crippen LogP contribution in [0.1, 0.15) is 25.7 Å². The van der Waals surface area contributed by atoms with Crippen molar-refractivity contribution in [3.05, 3.63) is 87.6 Å². The van der Waals surface area contributed by atoms with Crippen LogP contribution >= 0.6 is 11.3 Å². The molecule has 0 unspecified atom stereocenters. The van der Waals surface area contributed by atoms with Crippen molar-refractivity contribution in [1.82, 2.24) is 10.6 Å². The van der Waals surface area contributed by atoms with Crippen molar-refractivity contribution in [2.45, 2.75) is 13.1 Å². The van der Waals surface area contributed by atoms with E-state index in [1.54, 1.807) is 43.5 Å². The van der Waals surface area contributed by atoms with E-state index < -0.39 is 11.8 Å². The van der Waals surface area contributed by atoms with Crippen molar-refractivity contribution < 1.29 is 19.1 Å². The minimum Gasteiger partial charge on any atom is -0.497 e. The van der Waals surface area contributed by atoms with Crippen LogP contribution in [-0.4, -0.2) is 24.7 Å². The molecule has 148 valence electrons. The van der Waals surface area contributed by atoms with Gasteiger partial charge in [-0.3, -0.25) is 14.4 Å². The normalized spacial score (nSPS) is 10.2. The minimum atomic E-state index is -0.725. The molecule has 2 N–H and O–H groups in total. The number of hydrogen-bond acceptors (Lipinski definition) is 5. The molecule has 6 nitrogen and oxygen atoms in total. The molecule has 0 aliphatic rings. The van der Waals surface area contributed by atoms with Gasteiger partial charge in [0.15, 0.2) is 0 Å². The lowest BCUT2D eigenvalue weighted by Crippen LogP contribution is -2.39. The van der Waals surface area contributed by atoms with Gasteiger partial charge in [0.25, 0.3) is 0 Å². The molecule has 0 saturated carbocycles. The molecule has 0 bridgehead atoms. The number of ketones is 1. The molecule has 0 saturated heterocycles. The second-order valence-corrected chi connectivity index (χ2v) is 7.35. The molecule has 0 aliphatic heterocycles. The van der Waals surface area contributed by atoms with E-state index in [0.717, 1.165) is 10.4 Å². The quantitative estimate of drug-likeness (QED) is 0.465. The highest BCUT2D eigenvalue weighted by Gasteiger charge is 2.15. The second-order valence-electron chi connectivity index (χ2n) is 6.18. The molecule has 7 heteroatoms. The molecular weight excluding hydrogens is 388 g/mol. The summed E-state index contributed by atoms with van der Waals surface area (Å²) in [6, 6.07) is 19.7. The molecule has 0 fully saturated rings. The highest BCUT2D eigenvalue weighted by Crippen LogP contribution is 2.20. The van der Waals surface area contributed by atoms with Crippen LogP contribution in [0.3, 0.4) is 0 Å². The Bertz CT molecular complexity index is 1010. The first kappa shape index (κ1) is 20.3. The summed E-state index contributed by atoms with van der Waals surface area (Å²) in [5, 5.41) is 5.15. The van der Waals surface area contributed by atoms with Gasteiger partial charge in [0.1, 0.15) is 5.75 Å². The highest BCUT2D eigenvalue weighted by atomic mass is 32.1. The molecule has 1 aromatic heterocycles. The fourth-order valence-corrected chi connectivity index (χ4v) is 3.53. The zero-order valence-electron chi connectivity index (χ0n) is 15.8. The van der Waals surface area contributed by atoms with Crippen LogP contribution in [0.2, 0.25) is 0 Å². The number of ether oxygens (including phenoxy) is 1. The molecule has 0 radical (unpaired) electrons. The standard InChI is InChI=1S/C22H20N2O4S/c1-28-17-9-5-6-15(12-17)13-23-21(26)22(27)24-14-18-10-11-19(29-18)20(25)16-7-3-2-4-8-16/h2-12H,13-14H2,1H3,(H,23,26)(H,24,27). The molecule has 0 aliphatic carbocycles. The zero-order chi connectivity index (χ0) is 20.6. The van der Waals surface area contributed by atoms with E-state index in [0.29, 0.717) is 16.2 Å². The van der Waals surface area contributed by atoms with Gasteiger partial charge in [0.2, 0.25) is 5.78 Å². The first-order valence-electron chi connectivity index (χ1n) is 8.94. The van der Waals surface area contributed by atoms with Gasteiger partial charge >= 0.3 is 11.8 Å². The third-order valence-electron chi connectivity index (χ3n) is 4.14. The molecule has 0 spiro atoms. The third-order valence-corrected chi connectivity index (χ3v) is 5.22. The molecule has 3 aromatic rings. The summed E-state index contributed by atoms with van der Waals surface area (Å²) < 4.78 is 5.13. The number of methoxy groups -OCH3 is 1. The Morgan fingerprint density at radius 3 is 2.31 bits per heavy atom. The molecule has 1 heterocycles. The van der Waals surface area contributed by atoms with Gasteiger partial charge in [-0.15, -0.1) is 11.3 Å². The summed E-state index contributed by atoms with van der Waals surface area (Å²) in [5.74, 6) is -0.828. The maximum atomic E-state index is 12.4. The number of benzene rings is 2. The molecule has 29 heavy (non-hydrogen) atoms. The number of rotatable bonds is 7. The molecule has 3 rings (SSSR count). The minimum absolute atomic E-state index is 0.0655. The Kier molecular flexibility index (Phi) is 6.76. The number of nitrogens with one attached hydrogen (secondary N) is 2. The van der Waals surface area contributed by atoms with Crippen molar-refractivity contribution in [3.63, 3.8) is 0 Å². The van der Waals surface area contributed by atoms with Crippen LogP contribution in [0.15, 0.2) is 66.7 Å². The van der Waals surface area contributed by atoms with Crippen LogP contribution in [-0.2, 0) is 22.7 Å². The van der Waals surface area contributed by atoms with Gasteiger partial charge in [-0.2, -0.15) is 0 Å². The summed E-state index contributed by atoms with van der Waals surface area (Å²) in [5.41, 5.74) is 1.44. The van der Waals surface area contributed by atoms with Gasteiger partial charge in [-0.05, 0) is 29.8 Å². The number of carbonyl (C=O) groups is 3. The van der Waals surface area contributed by atoms with Crippen LogP contribution in [0, 0.1) is 0 Å². The van der Waals surface area contributed by atoms with Crippen LogP contribution in [0.5, 0.6) is 5.75 Å². The average Bonchev–Trinajstić information content (AvgIpc) is 3.25. The zero-order valence-corrected chi connectivity index (χ0v) is 16.6. The van der Waals surface area contributed by atoms with Crippen molar-refractivity contribution >= 4 is 28.9 Å². The second kappa shape index (κ2) is 9.66. The van der Waals surface area contributed by atoms with Crippen molar-refractivity contribution in [2.24, 2.45) is 0 Å². The summed E-state index contributed by atoms with van der Waals surface area (Å²) in [7, 11) is 1.56. The summed E-state index contributed by atoms with van der Waals surface area (Å²) in [6.45, 7) is 0.399. The maximum Gasteiger partial charge on any atom is 0.309 e. The van der Waals surface area contributed by atoms with Crippen LogP contribution < -0.4 is 15.4 Å². The van der Waals surface area contributed by atoms with Crippen molar-refractivity contribution in [2.75, 3.05) is 7.11 Å². The Balaban J connectivity index is 1.49. The van der Waals surface area contributed by atoms with Gasteiger partial charge in [-0.1, -0.05) is 42.5 Å². The Hall–Kier alpha value is -3.45. The van der Waals surface area contributed by atoms with Crippen LogP contribution in [0.4, 0.5) is 0 Å². The smallest absolute Gasteiger partial charge is 0.309 e. The van der Waals surface area contributed by atoms with E-state index in [9.17, 15) is 14.4 Å². The van der Waals surface area contributed by atoms with Crippen molar-refractivity contribution in [1.29, 1.82) is 0 Å². The fourth-order valence-electron chi connectivity index (χ4n) is 2.62. The van der Waals surface area contributed by atoms with E-state index >= 15 is 0 Å². The van der Waals surface area contributed by atoms with E-state index in [4.69, 9.17) is 4.74 Å². The Morgan fingerprint density at radius 1 is 0.862 bits per heavy atom. The lowest BCUT2D eigenvalue weighted by Gasteiger charge is -2.07.